The first-order valence-electron chi connectivity index (χ1n) is 23.9. The van der Waals surface area contributed by atoms with Gasteiger partial charge in [-0.05, 0) is 92.6 Å². The van der Waals surface area contributed by atoms with E-state index in [1.165, 1.54) is 50.1 Å². The number of hydrogen-bond donors (Lipinski definition) is 0. The maximum atomic E-state index is 4.78. The van der Waals surface area contributed by atoms with E-state index in [4.69, 9.17) is 4.98 Å². The first kappa shape index (κ1) is 45.2. The topological polar surface area (TPSA) is 48.5 Å². The zero-order chi connectivity index (χ0) is 46.6. The molecule has 0 N–H and O–H groups in total. The monoisotopic (exact) mass is 1090 g/mol. The summed E-state index contributed by atoms with van der Waals surface area (Å²) in [5, 5.41) is 11.5. The van der Waals surface area contributed by atoms with Gasteiger partial charge in [0.05, 0.1) is 23.4 Å². The summed E-state index contributed by atoms with van der Waals surface area (Å²) in [6, 6.07) is 86.0. The van der Waals surface area contributed by atoms with Gasteiger partial charge in [-0.2, -0.15) is 57.7 Å². The van der Waals surface area contributed by atoms with E-state index in [9.17, 15) is 0 Å². The molecular formula is C65H46IrN5. The van der Waals surface area contributed by atoms with Crippen LogP contribution in [0.15, 0.2) is 231 Å². The SMILES string of the molecule is [Ir+3].[c-]1cc(-c2ccccc2-c2cc(CCc3c[c-]c(-n4ncc5ccccc54)cc3)cc(CCc3c[c-]c(-n4ncc5ccccc54)cc3)c2)ccc1-c1cc(-c2ccc(-c3ccccc3)cc2)ccn1. The molecule has 0 fully saturated rings. The van der Waals surface area contributed by atoms with E-state index in [1.54, 1.807) is 0 Å². The smallest absolute Gasteiger partial charge is 0.305 e. The summed E-state index contributed by atoms with van der Waals surface area (Å²) < 4.78 is 3.92. The Labute approximate surface area is 428 Å². The van der Waals surface area contributed by atoms with Crippen molar-refractivity contribution in [1.82, 2.24) is 24.5 Å². The third-order valence-corrected chi connectivity index (χ3v) is 13.3. The number of benzene rings is 9. The average molecular weight is 1090 g/mol. The van der Waals surface area contributed by atoms with E-state index in [0.717, 1.165) is 86.8 Å². The molecule has 12 rings (SSSR count). The Hall–Kier alpha value is -8.28. The second kappa shape index (κ2) is 20.4. The van der Waals surface area contributed by atoms with Crippen LogP contribution in [-0.4, -0.2) is 24.5 Å². The van der Waals surface area contributed by atoms with Crippen molar-refractivity contribution >= 4 is 21.8 Å². The average Bonchev–Trinajstić information content (AvgIpc) is 4.08. The molecule has 71 heavy (non-hydrogen) atoms. The fourth-order valence-corrected chi connectivity index (χ4v) is 9.57. The van der Waals surface area contributed by atoms with Crippen molar-refractivity contribution in [2.45, 2.75) is 25.7 Å². The van der Waals surface area contributed by atoms with Gasteiger partial charge < -0.3 is 4.98 Å². The number of rotatable bonds is 13. The second-order valence-corrected chi connectivity index (χ2v) is 17.8. The third-order valence-electron chi connectivity index (χ3n) is 13.3. The van der Waals surface area contributed by atoms with Crippen LogP contribution in [0.25, 0.3) is 88.9 Å². The van der Waals surface area contributed by atoms with Crippen molar-refractivity contribution in [3.8, 4) is 67.1 Å². The Kier molecular flexibility index (Phi) is 13.0. The van der Waals surface area contributed by atoms with E-state index in [1.807, 2.05) is 58.3 Å². The number of pyridine rings is 1. The summed E-state index contributed by atoms with van der Waals surface area (Å²) in [6.45, 7) is 0. The van der Waals surface area contributed by atoms with E-state index < -0.39 is 0 Å². The van der Waals surface area contributed by atoms with E-state index in [-0.39, 0.29) is 20.1 Å². The minimum absolute atomic E-state index is 0. The molecule has 5 nitrogen and oxygen atoms in total. The van der Waals surface area contributed by atoms with Gasteiger partial charge in [-0.3, -0.25) is 9.36 Å². The third kappa shape index (κ3) is 9.69. The molecule has 0 spiro atoms. The van der Waals surface area contributed by atoms with Crippen molar-refractivity contribution in [3.63, 3.8) is 0 Å². The maximum Gasteiger partial charge on any atom is 3.00 e. The van der Waals surface area contributed by atoms with Crippen molar-refractivity contribution in [2.75, 3.05) is 0 Å². The Morgan fingerprint density at radius 3 is 1.44 bits per heavy atom. The van der Waals surface area contributed by atoms with Crippen LogP contribution in [0.4, 0.5) is 0 Å². The Balaban J connectivity index is 0.00000547. The van der Waals surface area contributed by atoms with Crippen LogP contribution < -0.4 is 0 Å². The van der Waals surface area contributed by atoms with Gasteiger partial charge in [0, 0.05) is 17.0 Å². The minimum Gasteiger partial charge on any atom is -0.305 e. The quantitative estimate of drug-likeness (QED) is 0.108. The molecule has 12 aromatic rings. The normalized spacial score (nSPS) is 11.2. The van der Waals surface area contributed by atoms with E-state index >= 15 is 0 Å². The van der Waals surface area contributed by atoms with Crippen LogP contribution in [-0.2, 0) is 45.8 Å². The van der Waals surface area contributed by atoms with Gasteiger partial charge in [0.1, 0.15) is 0 Å². The molecule has 0 unspecified atom stereocenters. The summed E-state index contributed by atoms with van der Waals surface area (Å²) in [7, 11) is 0. The molecule has 0 radical (unpaired) electrons. The van der Waals surface area contributed by atoms with Crippen LogP contribution in [0.1, 0.15) is 22.3 Å². The zero-order valence-corrected chi connectivity index (χ0v) is 41.2. The minimum atomic E-state index is 0. The Morgan fingerprint density at radius 1 is 0.366 bits per heavy atom. The molecule has 0 amide bonds. The summed E-state index contributed by atoms with van der Waals surface area (Å²) in [4.78, 5) is 4.78. The summed E-state index contributed by atoms with van der Waals surface area (Å²) >= 11 is 0. The number of fused-ring (bicyclic) bond motifs is 2. The molecule has 0 saturated heterocycles. The maximum absolute atomic E-state index is 4.78. The van der Waals surface area contributed by atoms with Crippen molar-refractivity contribution in [2.24, 2.45) is 0 Å². The van der Waals surface area contributed by atoms with E-state index in [2.05, 4.69) is 210 Å². The standard InChI is InChI=1S/C65H46N5.Ir/c1-2-10-50(11-3-1)51-26-28-52(29-27-51)55-38-39-66-63(43-55)54-32-30-53(31-33-54)61-14-6-7-15-62(61)58-41-48(20-18-46-22-34-59(35-23-46)69-64-16-8-4-12-56(64)44-67-69)40-49(42-58)21-19-47-24-36-60(37-25-47)70-65-17-9-5-13-57(65)45-68-70;/h1-17,22-32,34,36,38-45H,18-21H2;/q-3;+3. The summed E-state index contributed by atoms with van der Waals surface area (Å²) in [5.41, 5.74) is 20.3. The molecule has 0 aliphatic rings. The fraction of sp³-hybridized carbons (Fsp3) is 0.0615. The molecule has 3 aromatic heterocycles. The van der Waals surface area contributed by atoms with Gasteiger partial charge in [0.15, 0.2) is 0 Å². The molecule has 6 heteroatoms. The predicted molar refractivity (Wildman–Crippen MR) is 285 cm³/mol. The molecule has 0 bridgehead atoms. The molecule has 0 aliphatic heterocycles. The zero-order valence-electron chi connectivity index (χ0n) is 38.8. The number of para-hydroxylation sites is 2. The second-order valence-electron chi connectivity index (χ2n) is 17.8. The van der Waals surface area contributed by atoms with E-state index in [0.29, 0.717) is 0 Å². The Morgan fingerprint density at radius 2 is 0.873 bits per heavy atom. The van der Waals surface area contributed by atoms with Gasteiger partial charge in [-0.25, -0.2) is 0 Å². The van der Waals surface area contributed by atoms with Crippen molar-refractivity contribution in [3.05, 3.63) is 271 Å². The first-order chi connectivity index (χ1) is 34.6. The first-order valence-corrected chi connectivity index (χ1v) is 23.9. The number of aromatic nitrogens is 5. The van der Waals surface area contributed by atoms with Crippen LogP contribution in [0.5, 0.6) is 0 Å². The fourth-order valence-electron chi connectivity index (χ4n) is 9.57. The van der Waals surface area contributed by atoms with Crippen LogP contribution >= 0.6 is 0 Å². The van der Waals surface area contributed by atoms with Crippen LogP contribution in [0.2, 0.25) is 0 Å². The van der Waals surface area contributed by atoms with Crippen molar-refractivity contribution < 1.29 is 20.1 Å². The number of nitrogens with zero attached hydrogens (tertiary/aromatic N) is 5. The molecule has 0 atom stereocenters. The molecule has 340 valence electrons. The molecular weight excluding hydrogens is 1040 g/mol. The van der Waals surface area contributed by atoms with Gasteiger partial charge >= 0.3 is 20.1 Å². The van der Waals surface area contributed by atoms with Gasteiger partial charge in [-0.15, -0.1) is 42.0 Å². The van der Waals surface area contributed by atoms with Gasteiger partial charge in [0.25, 0.3) is 0 Å². The molecule has 3 heterocycles. The summed E-state index contributed by atoms with van der Waals surface area (Å²) in [6.07, 6.45) is 9.29. The summed E-state index contributed by atoms with van der Waals surface area (Å²) in [5.74, 6) is 0. The van der Waals surface area contributed by atoms with Crippen molar-refractivity contribution in [1.29, 1.82) is 0 Å². The molecule has 0 aliphatic carbocycles. The number of hydrogen-bond acceptors (Lipinski definition) is 3. The Bertz CT molecular complexity index is 3600. The predicted octanol–water partition coefficient (Wildman–Crippen LogP) is 15.1. The molecule has 9 aromatic carbocycles. The van der Waals surface area contributed by atoms with Gasteiger partial charge in [0.2, 0.25) is 0 Å². The number of aryl methyl sites for hydroxylation is 4. The van der Waals surface area contributed by atoms with Gasteiger partial charge in [-0.1, -0.05) is 163 Å². The van der Waals surface area contributed by atoms with Crippen LogP contribution in [0.3, 0.4) is 0 Å². The largest absolute Gasteiger partial charge is 3.00 e. The van der Waals surface area contributed by atoms with Crippen LogP contribution in [0, 0.1) is 18.2 Å². The molecule has 0 saturated carbocycles.